The van der Waals surface area contributed by atoms with Crippen LogP contribution in [0.3, 0.4) is 0 Å². The zero-order valence-corrected chi connectivity index (χ0v) is 20.1. The first-order valence-electron chi connectivity index (χ1n) is 1.33. The Morgan fingerprint density at radius 2 is 0.308 bits per heavy atom. The molecule has 0 radical (unpaired) electrons. The molecule has 26 heteroatoms. The molecule has 0 rings (SSSR count). The Bertz CT molecular complexity index is 217. The van der Waals surface area contributed by atoms with Gasteiger partial charge in [-0.1, -0.05) is 0 Å². The average Bonchev–Trinajstić information content (AvgIpc) is 1.12. The Balaban J connectivity index is -0.00000000190. The second kappa shape index (κ2) is 98.2. The molecule has 0 heterocycles. The van der Waals surface area contributed by atoms with Crippen LogP contribution >= 0.6 is 0 Å². The van der Waals surface area contributed by atoms with Crippen LogP contribution in [0.25, 0.3) is 0 Å². The smallest absolute Gasteiger partial charge is 0.759 e. The van der Waals surface area contributed by atoms with E-state index in [1.807, 2.05) is 0 Å². The first kappa shape index (κ1) is 241. The summed E-state index contributed by atoms with van der Waals surface area (Å²) in [5, 5.41) is 0. The molecule has 22 nitrogen and oxygen atoms in total. The van der Waals surface area contributed by atoms with Crippen molar-refractivity contribution in [1.29, 1.82) is 0 Å². The van der Waals surface area contributed by atoms with Crippen LogP contribution in [0, 0.1) is 0 Å². The molecule has 0 saturated heterocycles. The molecule has 0 aliphatic heterocycles. The van der Waals surface area contributed by atoms with Gasteiger partial charge in [-0.05, 0) is 0 Å². The van der Waals surface area contributed by atoms with Gasteiger partial charge < -0.3 is 94.9 Å². The van der Waals surface area contributed by atoms with Crippen molar-refractivity contribution in [2.24, 2.45) is 0 Å². The van der Waals surface area contributed by atoms with Gasteiger partial charge in [0.15, 0.2) is 0 Å². The molecule has 28 N–H and O–H groups in total. The monoisotopic (exact) mass is 572 g/mol. The van der Waals surface area contributed by atoms with Crippen LogP contribution in [-0.4, -0.2) is 112 Å². The van der Waals surface area contributed by atoms with Crippen molar-refractivity contribution < 1.29 is 151 Å². The van der Waals surface area contributed by atoms with Crippen LogP contribution in [0.4, 0.5) is 0 Å². The van der Waals surface area contributed by atoms with E-state index < -0.39 is 20.8 Å². The van der Waals surface area contributed by atoms with Crippen LogP contribution in [-0.2, 0) is 59.8 Å². The number of hydrogen-bond acceptors (Lipinski definition) is 8. The summed E-state index contributed by atoms with van der Waals surface area (Å²) >= 11 is 0. The van der Waals surface area contributed by atoms with Crippen molar-refractivity contribution in [3.63, 3.8) is 0 Å². The largest absolute Gasteiger partial charge is 2.00 e. The van der Waals surface area contributed by atoms with E-state index in [4.69, 9.17) is 35.0 Å². The maximum atomic E-state index is 8.52. The van der Waals surface area contributed by atoms with Crippen molar-refractivity contribution in [1.82, 2.24) is 0 Å². The Kier molecular flexibility index (Phi) is 909. The van der Waals surface area contributed by atoms with Crippen molar-refractivity contribution >= 4 is 20.8 Å². The molecule has 0 spiro atoms. The third-order valence-corrected chi connectivity index (χ3v) is 0. The fourth-order valence-electron chi connectivity index (χ4n) is 0. The Morgan fingerprint density at radius 1 is 0.308 bits per heavy atom. The summed E-state index contributed by atoms with van der Waals surface area (Å²) in [4.78, 5) is 0. The third-order valence-electron chi connectivity index (χ3n) is 0. The van der Waals surface area contributed by atoms with Crippen LogP contribution in [0.5, 0.6) is 0 Å². The van der Waals surface area contributed by atoms with E-state index >= 15 is 0 Å². The van der Waals surface area contributed by atoms with E-state index in [1.165, 1.54) is 0 Å². The molecule has 0 bridgehead atoms. The van der Waals surface area contributed by atoms with Gasteiger partial charge in [0.2, 0.25) is 0 Å². The van der Waals surface area contributed by atoms with E-state index in [-0.39, 0.29) is 116 Å². The minimum atomic E-state index is -5.17. The van der Waals surface area contributed by atoms with Gasteiger partial charge in [-0.3, -0.25) is 16.8 Å². The zero-order chi connectivity index (χ0) is 9.00. The normalized spacial score (nSPS) is 4.46. The van der Waals surface area contributed by atoms with Gasteiger partial charge >= 0.3 is 39.0 Å². The molecule has 0 aliphatic carbocycles. The van der Waals surface area contributed by atoms with E-state index in [2.05, 4.69) is 0 Å². The molecule has 176 valence electrons. The molecular formula is H28O22S2Zn2. The predicted molar refractivity (Wildman–Crippen MR) is 71.5 cm³/mol. The molecule has 0 amide bonds. The van der Waals surface area contributed by atoms with Crippen molar-refractivity contribution in [3.05, 3.63) is 0 Å². The molecule has 0 unspecified atom stereocenters. The van der Waals surface area contributed by atoms with Gasteiger partial charge in [-0.25, -0.2) is 0 Å². The molecule has 0 aromatic carbocycles. The fraction of sp³-hybridized carbons (Fsp3) is 0. The summed E-state index contributed by atoms with van der Waals surface area (Å²) in [6, 6.07) is 0. The minimum Gasteiger partial charge on any atom is -0.759 e. The zero-order valence-electron chi connectivity index (χ0n) is 12.5. The van der Waals surface area contributed by atoms with E-state index in [0.717, 1.165) is 0 Å². The van der Waals surface area contributed by atoms with Crippen molar-refractivity contribution in [3.8, 4) is 0 Å². The van der Waals surface area contributed by atoms with Crippen LogP contribution in [0.2, 0.25) is 0 Å². The average molecular weight is 575 g/mol. The van der Waals surface area contributed by atoms with Gasteiger partial charge in [-0.15, -0.1) is 0 Å². The van der Waals surface area contributed by atoms with Crippen LogP contribution in [0.1, 0.15) is 0 Å². The van der Waals surface area contributed by atoms with Gasteiger partial charge in [0, 0.05) is 20.8 Å². The van der Waals surface area contributed by atoms with E-state index in [1.54, 1.807) is 0 Å². The molecular weight excluding hydrogens is 547 g/mol. The summed E-state index contributed by atoms with van der Waals surface area (Å²) in [5.41, 5.74) is 0. The second-order valence-electron chi connectivity index (χ2n) is 0.816. The predicted octanol–water partition coefficient (Wildman–Crippen LogP) is -14.2. The summed E-state index contributed by atoms with van der Waals surface area (Å²) in [7, 11) is -10.3. The van der Waals surface area contributed by atoms with Crippen LogP contribution < -0.4 is 0 Å². The molecule has 0 saturated carbocycles. The quantitative estimate of drug-likeness (QED) is 0.151. The number of hydrogen-bond donors (Lipinski definition) is 0. The standard InChI is InChI=1S/2H2O4S.14H2O.2Zn/c2*1-5(2,3)4;;;;;;;;;;;;;;;;/h2*(H2,1,2,3,4);14*1H2;;/q;;;;;;;;;;;;;;;;2*+2/p-4. The van der Waals surface area contributed by atoms with Gasteiger partial charge in [0.05, 0.1) is 0 Å². The molecule has 0 aromatic heterocycles. The maximum Gasteiger partial charge on any atom is 2.00 e. The summed E-state index contributed by atoms with van der Waals surface area (Å²) in [5.74, 6) is 0. The van der Waals surface area contributed by atoms with Gasteiger partial charge in [-0.2, -0.15) is 0 Å². The van der Waals surface area contributed by atoms with E-state index in [0.29, 0.717) is 0 Å². The van der Waals surface area contributed by atoms with Gasteiger partial charge in [0.1, 0.15) is 0 Å². The Labute approximate surface area is 171 Å². The Morgan fingerprint density at radius 3 is 0.308 bits per heavy atom. The van der Waals surface area contributed by atoms with Crippen molar-refractivity contribution in [2.45, 2.75) is 0 Å². The van der Waals surface area contributed by atoms with E-state index in [9.17, 15) is 0 Å². The Hall–Kier alpha value is 0.427. The SMILES string of the molecule is O.O.O.O.O.O.O.O.O.O.O.O.O.O.O=S(=O)([O-])[O-].O=S(=O)([O-])[O-].[Zn+2].[Zn+2]. The van der Waals surface area contributed by atoms with Crippen LogP contribution in [0.15, 0.2) is 0 Å². The molecule has 0 fully saturated rings. The first-order valence-corrected chi connectivity index (χ1v) is 4.00. The first-order chi connectivity index (χ1) is 4.00. The van der Waals surface area contributed by atoms with Crippen molar-refractivity contribution in [2.75, 3.05) is 0 Å². The maximum absolute atomic E-state index is 8.52. The summed E-state index contributed by atoms with van der Waals surface area (Å²) in [6.07, 6.45) is 0. The third kappa shape index (κ3) is 73600. The molecule has 0 atom stereocenters. The summed E-state index contributed by atoms with van der Waals surface area (Å²) < 4.78 is 68.2. The number of rotatable bonds is 0. The second-order valence-corrected chi connectivity index (χ2v) is 2.45. The molecule has 0 aromatic rings. The van der Waals surface area contributed by atoms with Gasteiger partial charge in [0.25, 0.3) is 0 Å². The molecule has 0 aliphatic rings. The summed E-state index contributed by atoms with van der Waals surface area (Å²) in [6.45, 7) is 0. The fourth-order valence-corrected chi connectivity index (χ4v) is 0. The topological polar surface area (TPSA) is 602 Å². The molecule has 26 heavy (non-hydrogen) atoms. The minimum absolute atomic E-state index is 0.